The zero-order valence-corrected chi connectivity index (χ0v) is 20.2. The van der Waals surface area contributed by atoms with Crippen molar-refractivity contribution in [1.29, 1.82) is 0 Å². The Morgan fingerprint density at radius 3 is 2.76 bits per heavy atom. The van der Waals surface area contributed by atoms with Crippen molar-refractivity contribution >= 4 is 39.2 Å². The highest BCUT2D eigenvalue weighted by molar-refractivity contribution is 7.98. The fourth-order valence-electron chi connectivity index (χ4n) is 5.23. The molecule has 0 spiro atoms. The highest BCUT2D eigenvalue weighted by Gasteiger charge is 2.35. The summed E-state index contributed by atoms with van der Waals surface area (Å²) < 4.78 is 13.3. The second kappa shape index (κ2) is 9.58. The van der Waals surface area contributed by atoms with Gasteiger partial charge in [-0.1, -0.05) is 25.0 Å². The number of aromatic nitrogens is 2. The maximum absolute atomic E-state index is 13.3. The first-order valence-corrected chi connectivity index (χ1v) is 13.7. The summed E-state index contributed by atoms with van der Waals surface area (Å²) in [5.41, 5.74) is 2.19. The molecule has 5 rings (SSSR count). The molecule has 5 nitrogen and oxygen atoms in total. The lowest BCUT2D eigenvalue weighted by Gasteiger charge is -2.30. The molecule has 2 heterocycles. The van der Waals surface area contributed by atoms with Gasteiger partial charge in [-0.2, -0.15) is 11.8 Å². The first-order valence-electron chi connectivity index (χ1n) is 11.7. The Morgan fingerprint density at radius 2 is 1.97 bits per heavy atom. The molecule has 0 saturated heterocycles. The summed E-state index contributed by atoms with van der Waals surface area (Å²) in [5, 5.41) is 3.89. The third-order valence-electron chi connectivity index (χ3n) is 6.98. The zero-order valence-electron chi connectivity index (χ0n) is 18.5. The molecule has 0 radical (unpaired) electrons. The second-order valence-electron chi connectivity index (χ2n) is 9.12. The minimum absolute atomic E-state index is 0.0301. The number of benzene rings is 1. The summed E-state index contributed by atoms with van der Waals surface area (Å²) in [4.78, 5) is 34.8. The number of nitrogens with one attached hydrogen (secondary N) is 2. The van der Waals surface area contributed by atoms with E-state index in [0.29, 0.717) is 30.3 Å². The fraction of sp³-hybridized carbons (Fsp3) is 0.480. The quantitative estimate of drug-likeness (QED) is 0.447. The van der Waals surface area contributed by atoms with Gasteiger partial charge in [0.15, 0.2) is 0 Å². The van der Waals surface area contributed by atoms with Gasteiger partial charge in [0, 0.05) is 29.0 Å². The van der Waals surface area contributed by atoms with Crippen LogP contribution in [0.15, 0.2) is 29.1 Å². The van der Waals surface area contributed by atoms with Crippen molar-refractivity contribution in [3.63, 3.8) is 0 Å². The van der Waals surface area contributed by atoms with Crippen LogP contribution >= 0.6 is 23.1 Å². The molecule has 1 fully saturated rings. The van der Waals surface area contributed by atoms with Crippen molar-refractivity contribution in [2.24, 2.45) is 0 Å². The SMILES string of the molecule is O=C(CCSCc1nc2sc3c(c2c(=O)[nH]1)CCC3)NCC1(c2ccc(F)cc2)CCCC1. The number of thiophene rings is 1. The van der Waals surface area contributed by atoms with Gasteiger partial charge >= 0.3 is 0 Å². The third kappa shape index (κ3) is 4.73. The van der Waals surface area contributed by atoms with Crippen molar-refractivity contribution in [2.45, 2.75) is 62.5 Å². The lowest BCUT2D eigenvalue weighted by Crippen LogP contribution is -2.39. The Kier molecular flexibility index (Phi) is 6.56. The van der Waals surface area contributed by atoms with Gasteiger partial charge in [0.1, 0.15) is 16.5 Å². The monoisotopic (exact) mass is 485 g/mol. The van der Waals surface area contributed by atoms with E-state index in [9.17, 15) is 14.0 Å². The largest absolute Gasteiger partial charge is 0.355 e. The molecule has 2 aliphatic rings. The van der Waals surface area contributed by atoms with Gasteiger partial charge in [-0.25, -0.2) is 9.37 Å². The van der Waals surface area contributed by atoms with Gasteiger partial charge in [0.2, 0.25) is 5.91 Å². The summed E-state index contributed by atoms with van der Waals surface area (Å²) in [5.74, 6) is 1.73. The molecule has 1 aromatic carbocycles. The number of fused-ring (bicyclic) bond motifs is 3. The summed E-state index contributed by atoms with van der Waals surface area (Å²) in [6.45, 7) is 0.594. The van der Waals surface area contributed by atoms with E-state index in [1.165, 1.54) is 22.6 Å². The number of aryl methyl sites for hydroxylation is 2. The predicted molar refractivity (Wildman–Crippen MR) is 133 cm³/mol. The van der Waals surface area contributed by atoms with E-state index in [2.05, 4.69) is 15.3 Å². The van der Waals surface area contributed by atoms with Crippen molar-refractivity contribution in [3.05, 3.63) is 62.3 Å². The molecule has 2 aromatic heterocycles. The number of hydrogen-bond donors (Lipinski definition) is 2. The minimum atomic E-state index is -0.230. The summed E-state index contributed by atoms with van der Waals surface area (Å²) in [6.07, 6.45) is 7.87. The van der Waals surface area contributed by atoms with Crippen LogP contribution in [-0.2, 0) is 28.8 Å². The van der Waals surface area contributed by atoms with E-state index < -0.39 is 0 Å². The molecule has 1 saturated carbocycles. The number of carbonyl (C=O) groups excluding carboxylic acids is 1. The fourth-order valence-corrected chi connectivity index (χ4v) is 7.31. The second-order valence-corrected chi connectivity index (χ2v) is 11.3. The van der Waals surface area contributed by atoms with Crippen molar-refractivity contribution in [2.75, 3.05) is 12.3 Å². The molecule has 174 valence electrons. The molecule has 2 N–H and O–H groups in total. The van der Waals surface area contributed by atoms with E-state index in [1.807, 2.05) is 12.1 Å². The number of carbonyl (C=O) groups is 1. The van der Waals surface area contributed by atoms with Crippen molar-refractivity contribution < 1.29 is 9.18 Å². The molecule has 2 aliphatic carbocycles. The van der Waals surface area contributed by atoms with E-state index in [1.54, 1.807) is 23.1 Å². The Morgan fingerprint density at radius 1 is 1.18 bits per heavy atom. The van der Waals surface area contributed by atoms with Crippen LogP contribution in [0.4, 0.5) is 4.39 Å². The first kappa shape index (κ1) is 22.6. The first-order chi connectivity index (χ1) is 16.0. The van der Waals surface area contributed by atoms with E-state index >= 15 is 0 Å². The topological polar surface area (TPSA) is 74.8 Å². The van der Waals surface area contributed by atoms with E-state index in [-0.39, 0.29) is 22.7 Å². The van der Waals surface area contributed by atoms with Gasteiger partial charge in [-0.3, -0.25) is 9.59 Å². The Bertz CT molecular complexity index is 1210. The van der Waals surface area contributed by atoms with Gasteiger partial charge in [0.05, 0.1) is 11.1 Å². The number of amides is 1. The molecule has 3 aromatic rings. The van der Waals surface area contributed by atoms with Gasteiger partial charge in [-0.15, -0.1) is 11.3 Å². The normalized spacial score (nSPS) is 16.9. The molecule has 0 atom stereocenters. The summed E-state index contributed by atoms with van der Waals surface area (Å²) >= 11 is 3.26. The Labute approximate surface area is 200 Å². The van der Waals surface area contributed by atoms with E-state index in [0.717, 1.165) is 60.7 Å². The van der Waals surface area contributed by atoms with Crippen LogP contribution in [0.1, 0.15) is 60.4 Å². The average molecular weight is 486 g/mol. The zero-order chi connectivity index (χ0) is 22.8. The number of aromatic amines is 1. The summed E-state index contributed by atoms with van der Waals surface area (Å²) in [7, 11) is 0. The van der Waals surface area contributed by atoms with Gasteiger partial charge in [-0.05, 0) is 55.4 Å². The predicted octanol–water partition coefficient (Wildman–Crippen LogP) is 4.86. The van der Waals surface area contributed by atoms with Crippen LogP contribution in [-0.4, -0.2) is 28.2 Å². The summed E-state index contributed by atoms with van der Waals surface area (Å²) in [6, 6.07) is 6.73. The standard InChI is InChI=1S/C25H28FN3O2S2/c26-17-8-6-16(7-9-17)25(11-1-2-12-25)15-27-21(30)10-13-32-14-20-28-23(31)22-18-4-3-5-19(18)33-24(22)29-20/h6-9H,1-5,10-15H2,(H,27,30)(H,28,29,31). The molecule has 0 aliphatic heterocycles. The Hall–Kier alpha value is -2.19. The molecular formula is C25H28FN3O2S2. The molecule has 1 amide bonds. The van der Waals surface area contributed by atoms with Gasteiger partial charge in [0.25, 0.3) is 5.56 Å². The number of nitrogens with zero attached hydrogens (tertiary/aromatic N) is 1. The van der Waals surface area contributed by atoms with Crippen LogP contribution in [0.25, 0.3) is 10.2 Å². The molecular weight excluding hydrogens is 457 g/mol. The highest BCUT2D eigenvalue weighted by atomic mass is 32.2. The number of hydrogen-bond acceptors (Lipinski definition) is 5. The lowest BCUT2D eigenvalue weighted by molar-refractivity contribution is -0.120. The Balaban J connectivity index is 1.12. The van der Waals surface area contributed by atoms with E-state index in [4.69, 9.17) is 0 Å². The van der Waals surface area contributed by atoms with Crippen LogP contribution in [0, 0.1) is 5.82 Å². The smallest absolute Gasteiger partial charge is 0.259 e. The van der Waals surface area contributed by atoms with Gasteiger partial charge < -0.3 is 10.3 Å². The number of thioether (sulfide) groups is 1. The van der Waals surface area contributed by atoms with Crippen LogP contribution in [0.5, 0.6) is 0 Å². The maximum Gasteiger partial charge on any atom is 0.259 e. The van der Waals surface area contributed by atoms with Crippen molar-refractivity contribution in [3.8, 4) is 0 Å². The maximum atomic E-state index is 13.3. The van der Waals surface area contributed by atoms with Crippen LogP contribution in [0.2, 0.25) is 0 Å². The number of rotatable bonds is 8. The molecule has 0 unspecified atom stereocenters. The third-order valence-corrected chi connectivity index (χ3v) is 9.13. The molecule has 33 heavy (non-hydrogen) atoms. The number of H-pyrrole nitrogens is 1. The average Bonchev–Trinajstić information content (AvgIpc) is 3.52. The van der Waals surface area contributed by atoms with Crippen LogP contribution in [0.3, 0.4) is 0 Å². The molecule has 8 heteroatoms. The van der Waals surface area contributed by atoms with Crippen molar-refractivity contribution in [1.82, 2.24) is 15.3 Å². The highest BCUT2D eigenvalue weighted by Crippen LogP contribution is 2.40. The lowest BCUT2D eigenvalue weighted by atomic mass is 9.79. The minimum Gasteiger partial charge on any atom is -0.355 e. The molecule has 0 bridgehead atoms. The van der Waals surface area contributed by atoms with Crippen LogP contribution < -0.4 is 10.9 Å². The number of halogens is 1.